The van der Waals surface area contributed by atoms with Gasteiger partial charge < -0.3 is 33.9 Å². The molecule has 1 saturated heterocycles. The summed E-state index contributed by atoms with van der Waals surface area (Å²) in [5, 5.41) is 11.3. The van der Waals surface area contributed by atoms with Crippen LogP contribution in [0.5, 0.6) is 23.0 Å². The molecule has 1 atom stereocenters. The van der Waals surface area contributed by atoms with Gasteiger partial charge in [-0.2, -0.15) is 0 Å². The van der Waals surface area contributed by atoms with E-state index in [1.807, 2.05) is 32.8 Å². The zero-order chi connectivity index (χ0) is 26.6. The van der Waals surface area contributed by atoms with Crippen LogP contribution in [-0.4, -0.2) is 81.2 Å². The molecule has 0 radical (unpaired) electrons. The fourth-order valence-corrected chi connectivity index (χ4v) is 4.11. The number of carbonyl (C=O) groups is 2. The predicted octanol–water partition coefficient (Wildman–Crippen LogP) is 3.48. The molecule has 36 heavy (non-hydrogen) atoms. The summed E-state index contributed by atoms with van der Waals surface area (Å²) in [5.74, 6) is 0.136. The number of likely N-dealkylation sites (tertiary alicyclic amines) is 1. The molecular weight excluding hydrogens is 464 g/mol. The summed E-state index contributed by atoms with van der Waals surface area (Å²) in [6, 6.07) is 9.25. The third-order valence-electron chi connectivity index (χ3n) is 5.85. The number of rotatable bonds is 10. The number of hydrogen-bond acceptors (Lipinski definition) is 8. The second-order valence-electron chi connectivity index (χ2n) is 8.94. The molecule has 1 amide bonds. The highest BCUT2D eigenvalue weighted by atomic mass is 16.5. The number of hydrogen-bond donors (Lipinski definition) is 1. The molecule has 9 heteroatoms. The van der Waals surface area contributed by atoms with Gasteiger partial charge in [0.1, 0.15) is 5.76 Å². The molecule has 0 spiro atoms. The van der Waals surface area contributed by atoms with E-state index in [9.17, 15) is 14.7 Å². The zero-order valence-electron chi connectivity index (χ0n) is 21.8. The number of carbonyl (C=O) groups excluding carboxylic acids is 2. The van der Waals surface area contributed by atoms with Gasteiger partial charge in [0.25, 0.3) is 11.7 Å². The van der Waals surface area contributed by atoms with E-state index in [1.165, 1.54) is 26.2 Å². The highest BCUT2D eigenvalue weighted by molar-refractivity contribution is 6.46. The third-order valence-corrected chi connectivity index (χ3v) is 5.85. The Hall–Kier alpha value is -3.72. The standard InChI is InChI=1S/C27H34N2O7/c1-16(2)36-20-11-8-17(14-22(20)35-7)24-23(26(31)27(32)29(24)13-12-28(3)4)25(30)18-9-10-19(33-5)21(15-18)34-6/h8-11,14-16,24,30H,12-13H2,1-7H3/b25-23-. The summed E-state index contributed by atoms with van der Waals surface area (Å²) >= 11 is 0. The summed E-state index contributed by atoms with van der Waals surface area (Å²) in [7, 11) is 8.29. The number of benzene rings is 2. The maximum absolute atomic E-state index is 13.3. The first-order valence-electron chi connectivity index (χ1n) is 11.6. The normalized spacial score (nSPS) is 17.1. The van der Waals surface area contributed by atoms with E-state index >= 15 is 0 Å². The molecule has 0 saturated carbocycles. The molecule has 1 unspecified atom stereocenters. The first-order valence-corrected chi connectivity index (χ1v) is 11.6. The summed E-state index contributed by atoms with van der Waals surface area (Å²) in [4.78, 5) is 29.8. The number of Topliss-reactive ketones (excluding diaryl/α,β-unsaturated/α-hetero) is 1. The fraction of sp³-hybridized carbons (Fsp3) is 0.407. The lowest BCUT2D eigenvalue weighted by atomic mass is 9.94. The number of likely N-dealkylation sites (N-methyl/N-ethyl adjacent to an activating group) is 1. The number of methoxy groups -OCH3 is 3. The highest BCUT2D eigenvalue weighted by Crippen LogP contribution is 2.42. The summed E-state index contributed by atoms with van der Waals surface area (Å²) in [6.07, 6.45) is -0.0690. The van der Waals surface area contributed by atoms with E-state index in [0.717, 1.165) is 0 Å². The Morgan fingerprint density at radius 1 is 0.944 bits per heavy atom. The lowest BCUT2D eigenvalue weighted by Gasteiger charge is -2.27. The van der Waals surface area contributed by atoms with Crippen molar-refractivity contribution in [2.24, 2.45) is 0 Å². The van der Waals surface area contributed by atoms with Crippen molar-refractivity contribution >= 4 is 17.4 Å². The van der Waals surface area contributed by atoms with Crippen LogP contribution in [-0.2, 0) is 9.59 Å². The quantitative estimate of drug-likeness (QED) is 0.302. The van der Waals surface area contributed by atoms with E-state index < -0.39 is 17.7 Å². The molecule has 0 bridgehead atoms. The van der Waals surface area contributed by atoms with Crippen molar-refractivity contribution in [2.45, 2.75) is 26.0 Å². The van der Waals surface area contributed by atoms with Crippen molar-refractivity contribution in [2.75, 3.05) is 48.5 Å². The Morgan fingerprint density at radius 3 is 2.14 bits per heavy atom. The zero-order valence-corrected chi connectivity index (χ0v) is 21.8. The summed E-state index contributed by atoms with van der Waals surface area (Å²) in [6.45, 7) is 4.64. The molecule has 2 aromatic rings. The second kappa shape index (κ2) is 11.3. The lowest BCUT2D eigenvalue weighted by molar-refractivity contribution is -0.140. The Morgan fingerprint density at radius 2 is 1.56 bits per heavy atom. The minimum absolute atomic E-state index is 0.00874. The molecule has 0 aromatic heterocycles. The van der Waals surface area contributed by atoms with Gasteiger partial charge in [-0.25, -0.2) is 0 Å². The number of amides is 1. The second-order valence-corrected chi connectivity index (χ2v) is 8.94. The third kappa shape index (κ3) is 5.41. The molecule has 0 aliphatic carbocycles. The van der Waals surface area contributed by atoms with Crippen LogP contribution in [0.4, 0.5) is 0 Å². The first kappa shape index (κ1) is 26.9. The summed E-state index contributed by atoms with van der Waals surface area (Å²) in [5.41, 5.74) is 0.934. The van der Waals surface area contributed by atoms with Crippen LogP contribution < -0.4 is 18.9 Å². The Balaban J connectivity index is 2.19. The van der Waals surface area contributed by atoms with Crippen molar-refractivity contribution < 1.29 is 33.6 Å². The molecule has 194 valence electrons. The van der Waals surface area contributed by atoms with Crippen LogP contribution in [0.1, 0.15) is 31.0 Å². The SMILES string of the molecule is COc1ccc(/C(O)=C2/C(=O)C(=O)N(CCN(C)C)C2c2ccc(OC(C)C)c(OC)c2)cc1OC. The minimum atomic E-state index is -0.819. The number of ether oxygens (including phenoxy) is 4. The number of nitrogens with zero attached hydrogens (tertiary/aromatic N) is 2. The molecule has 1 aliphatic heterocycles. The Labute approximate surface area is 211 Å². The fourth-order valence-electron chi connectivity index (χ4n) is 4.11. The van der Waals surface area contributed by atoms with Gasteiger partial charge in [0.05, 0.1) is 39.0 Å². The Bertz CT molecular complexity index is 1160. The van der Waals surface area contributed by atoms with Gasteiger partial charge in [0, 0.05) is 18.7 Å². The largest absolute Gasteiger partial charge is 0.507 e. The molecule has 1 heterocycles. The average Bonchev–Trinajstić information content (AvgIpc) is 3.11. The predicted molar refractivity (Wildman–Crippen MR) is 136 cm³/mol. The van der Waals surface area contributed by atoms with Gasteiger partial charge in [0.15, 0.2) is 23.0 Å². The number of aliphatic hydroxyl groups is 1. The van der Waals surface area contributed by atoms with E-state index in [2.05, 4.69) is 0 Å². The minimum Gasteiger partial charge on any atom is -0.507 e. The van der Waals surface area contributed by atoms with Crippen LogP contribution in [0.25, 0.3) is 5.76 Å². The van der Waals surface area contributed by atoms with Crippen molar-refractivity contribution in [1.29, 1.82) is 0 Å². The molecule has 9 nitrogen and oxygen atoms in total. The van der Waals surface area contributed by atoms with Crippen LogP contribution >= 0.6 is 0 Å². The van der Waals surface area contributed by atoms with Gasteiger partial charge in [-0.15, -0.1) is 0 Å². The van der Waals surface area contributed by atoms with E-state index in [0.29, 0.717) is 40.7 Å². The summed E-state index contributed by atoms with van der Waals surface area (Å²) < 4.78 is 22.0. The lowest BCUT2D eigenvalue weighted by Crippen LogP contribution is -2.35. The van der Waals surface area contributed by atoms with Crippen LogP contribution in [0.3, 0.4) is 0 Å². The maximum Gasteiger partial charge on any atom is 0.295 e. The van der Waals surface area contributed by atoms with Crippen molar-refractivity contribution in [3.05, 3.63) is 53.1 Å². The highest BCUT2D eigenvalue weighted by Gasteiger charge is 2.46. The van der Waals surface area contributed by atoms with Gasteiger partial charge in [-0.3, -0.25) is 9.59 Å². The molecule has 3 rings (SSSR count). The monoisotopic (exact) mass is 498 g/mol. The number of aliphatic hydroxyl groups excluding tert-OH is 1. The van der Waals surface area contributed by atoms with Crippen molar-refractivity contribution in [1.82, 2.24) is 9.80 Å². The van der Waals surface area contributed by atoms with Gasteiger partial charge >= 0.3 is 0 Å². The van der Waals surface area contributed by atoms with E-state index in [-0.39, 0.29) is 24.0 Å². The van der Waals surface area contributed by atoms with Crippen molar-refractivity contribution in [3.63, 3.8) is 0 Å². The van der Waals surface area contributed by atoms with E-state index in [4.69, 9.17) is 18.9 Å². The molecule has 2 aromatic carbocycles. The first-order chi connectivity index (χ1) is 17.1. The van der Waals surface area contributed by atoms with E-state index in [1.54, 1.807) is 36.4 Å². The van der Waals surface area contributed by atoms with Gasteiger partial charge in [-0.1, -0.05) is 6.07 Å². The van der Waals surface area contributed by atoms with Gasteiger partial charge in [0.2, 0.25) is 0 Å². The molecule has 1 aliphatic rings. The van der Waals surface area contributed by atoms with Crippen LogP contribution in [0.15, 0.2) is 42.0 Å². The smallest absolute Gasteiger partial charge is 0.295 e. The number of ketones is 1. The topological polar surface area (TPSA) is 97.8 Å². The average molecular weight is 499 g/mol. The molecule has 1 fully saturated rings. The Kier molecular flexibility index (Phi) is 8.47. The van der Waals surface area contributed by atoms with Gasteiger partial charge in [-0.05, 0) is 63.8 Å². The maximum atomic E-state index is 13.3. The van der Waals surface area contributed by atoms with Crippen LogP contribution in [0, 0.1) is 0 Å². The van der Waals surface area contributed by atoms with Crippen LogP contribution in [0.2, 0.25) is 0 Å². The molecule has 1 N–H and O–H groups in total. The van der Waals surface area contributed by atoms with Crippen molar-refractivity contribution in [3.8, 4) is 23.0 Å². The molecular formula is C27H34N2O7.